The third-order valence-electron chi connectivity index (χ3n) is 2.48. The van der Waals surface area contributed by atoms with Crippen LogP contribution in [-0.4, -0.2) is 5.49 Å². The molecule has 0 amide bonds. The van der Waals surface area contributed by atoms with Gasteiger partial charge in [-0.05, 0) is 42.5 Å². The summed E-state index contributed by atoms with van der Waals surface area (Å²) in [6.07, 6.45) is -4.38. The predicted molar refractivity (Wildman–Crippen MR) is 75.2 cm³/mol. The van der Waals surface area contributed by atoms with Crippen LogP contribution in [0.5, 0.6) is 11.5 Å². The maximum Gasteiger partial charge on any atom is 0.416 e. The highest BCUT2D eigenvalue weighted by Crippen LogP contribution is 2.32. The average molecular weight is 297 g/mol. The zero-order valence-corrected chi connectivity index (χ0v) is 11.0. The van der Waals surface area contributed by atoms with Gasteiger partial charge in [0.15, 0.2) is 0 Å². The average Bonchev–Trinajstić information content (AvgIpc) is 2.41. The van der Waals surface area contributed by atoms with Gasteiger partial charge in [-0.25, -0.2) is 0 Å². The molecule has 0 aromatic heterocycles. The molecule has 0 heterocycles. The van der Waals surface area contributed by atoms with Crippen LogP contribution in [0.4, 0.5) is 18.9 Å². The number of thiocarbonyl (C=S) groups is 1. The molecule has 0 saturated carbocycles. The van der Waals surface area contributed by atoms with Crippen LogP contribution < -0.4 is 10.1 Å². The summed E-state index contributed by atoms with van der Waals surface area (Å²) in [5.41, 5.74) is 1.40. The van der Waals surface area contributed by atoms with Gasteiger partial charge in [-0.3, -0.25) is 0 Å². The minimum atomic E-state index is -4.38. The van der Waals surface area contributed by atoms with Crippen molar-refractivity contribution in [1.29, 1.82) is 0 Å². The molecule has 0 fully saturated rings. The fourth-order valence-corrected chi connectivity index (χ4v) is 1.70. The lowest BCUT2D eigenvalue weighted by Crippen LogP contribution is -2.04. The number of alkyl halides is 3. The summed E-state index contributed by atoms with van der Waals surface area (Å²) in [5.74, 6) is 0.578. The van der Waals surface area contributed by atoms with Crippen molar-refractivity contribution < 1.29 is 17.9 Å². The second kappa shape index (κ2) is 5.92. The molecule has 0 unspecified atom stereocenters. The molecular formula is C14H10F3NOS. The third kappa shape index (κ3) is 3.71. The van der Waals surface area contributed by atoms with Crippen LogP contribution in [0.2, 0.25) is 0 Å². The van der Waals surface area contributed by atoms with E-state index in [1.807, 2.05) is 0 Å². The lowest BCUT2D eigenvalue weighted by molar-refractivity contribution is -0.137. The van der Waals surface area contributed by atoms with Crippen LogP contribution in [0.15, 0.2) is 48.5 Å². The van der Waals surface area contributed by atoms with Crippen molar-refractivity contribution in [1.82, 2.24) is 0 Å². The van der Waals surface area contributed by atoms with Gasteiger partial charge >= 0.3 is 6.18 Å². The lowest BCUT2D eigenvalue weighted by Gasteiger charge is -2.10. The Kier molecular flexibility index (Phi) is 4.24. The van der Waals surface area contributed by atoms with E-state index in [-0.39, 0.29) is 5.75 Å². The van der Waals surface area contributed by atoms with Crippen molar-refractivity contribution >= 4 is 23.4 Å². The third-order valence-corrected chi connectivity index (χ3v) is 2.59. The number of hydrogen-bond donors (Lipinski definition) is 1. The fourth-order valence-electron chi connectivity index (χ4n) is 1.56. The summed E-state index contributed by atoms with van der Waals surface area (Å²) < 4.78 is 43.1. The number of halogens is 3. The highest BCUT2D eigenvalue weighted by atomic mass is 32.1. The summed E-state index contributed by atoms with van der Waals surface area (Å²) in [7, 11) is 0. The van der Waals surface area contributed by atoms with Crippen LogP contribution in [0.1, 0.15) is 5.56 Å². The van der Waals surface area contributed by atoms with Crippen molar-refractivity contribution in [3.63, 3.8) is 0 Å². The van der Waals surface area contributed by atoms with Gasteiger partial charge in [0, 0.05) is 5.69 Å². The van der Waals surface area contributed by atoms with Gasteiger partial charge in [-0.1, -0.05) is 18.3 Å². The lowest BCUT2D eigenvalue weighted by atomic mass is 10.2. The van der Waals surface area contributed by atoms with Gasteiger partial charge in [0.25, 0.3) is 0 Å². The summed E-state index contributed by atoms with van der Waals surface area (Å²) in [6.45, 7) is 0. The van der Waals surface area contributed by atoms with Gasteiger partial charge in [0.2, 0.25) is 0 Å². The van der Waals surface area contributed by atoms with Crippen molar-refractivity contribution in [2.75, 3.05) is 5.32 Å². The molecule has 104 valence electrons. The number of nitrogens with one attached hydrogen (secondary N) is 1. The Morgan fingerprint density at radius 1 is 1.00 bits per heavy atom. The minimum absolute atomic E-state index is 0.135. The Morgan fingerprint density at radius 2 is 1.70 bits per heavy atom. The van der Waals surface area contributed by atoms with E-state index in [1.165, 1.54) is 17.6 Å². The van der Waals surface area contributed by atoms with E-state index < -0.39 is 11.7 Å². The Bertz CT molecular complexity index is 596. The number of hydrogen-bond acceptors (Lipinski definition) is 2. The van der Waals surface area contributed by atoms with Crippen molar-refractivity contribution in [3.05, 3.63) is 54.1 Å². The Hall–Kier alpha value is -2.08. The molecule has 20 heavy (non-hydrogen) atoms. The number of rotatable bonds is 4. The molecular weight excluding hydrogens is 287 g/mol. The van der Waals surface area contributed by atoms with Gasteiger partial charge in [0.1, 0.15) is 11.5 Å². The Morgan fingerprint density at radius 3 is 2.30 bits per heavy atom. The molecule has 2 nitrogen and oxygen atoms in total. The van der Waals surface area contributed by atoms with E-state index in [9.17, 15) is 13.2 Å². The molecule has 0 aliphatic heterocycles. The van der Waals surface area contributed by atoms with E-state index in [0.717, 1.165) is 17.8 Å². The van der Waals surface area contributed by atoms with E-state index in [1.54, 1.807) is 24.3 Å². The van der Waals surface area contributed by atoms with Gasteiger partial charge in [0.05, 0.1) is 11.1 Å². The maximum absolute atomic E-state index is 12.6. The van der Waals surface area contributed by atoms with Crippen LogP contribution in [0, 0.1) is 0 Å². The number of ether oxygens (including phenoxy) is 1. The normalized spacial score (nSPS) is 10.9. The summed E-state index contributed by atoms with van der Waals surface area (Å²) in [4.78, 5) is 0. The molecule has 1 N–H and O–H groups in total. The van der Waals surface area contributed by atoms with E-state index >= 15 is 0 Å². The first-order chi connectivity index (χ1) is 9.49. The molecule has 0 bridgehead atoms. The quantitative estimate of drug-likeness (QED) is 0.814. The second-order valence-corrected chi connectivity index (χ2v) is 4.15. The first-order valence-corrected chi connectivity index (χ1v) is 6.11. The number of benzene rings is 2. The first-order valence-electron chi connectivity index (χ1n) is 5.64. The molecule has 2 aromatic carbocycles. The summed E-state index contributed by atoms with van der Waals surface area (Å²) in [5, 5.41) is 2.81. The zero-order chi connectivity index (χ0) is 14.6. The topological polar surface area (TPSA) is 21.3 Å². The molecule has 0 aliphatic rings. The van der Waals surface area contributed by atoms with Crippen LogP contribution in [0.25, 0.3) is 0 Å². The van der Waals surface area contributed by atoms with Crippen LogP contribution in [0.3, 0.4) is 0 Å². The van der Waals surface area contributed by atoms with E-state index in [0.29, 0.717) is 5.75 Å². The van der Waals surface area contributed by atoms with Gasteiger partial charge in [-0.2, -0.15) is 13.2 Å². The van der Waals surface area contributed by atoms with Crippen LogP contribution in [-0.2, 0) is 6.18 Å². The molecule has 0 spiro atoms. The Labute approximate surface area is 119 Å². The predicted octanol–water partition coefficient (Wildman–Crippen LogP) is 4.87. The van der Waals surface area contributed by atoms with E-state index in [4.69, 9.17) is 4.74 Å². The standard InChI is InChI=1S/C14H10F3NOS/c15-14(16,17)10-2-1-3-13(8-10)19-12-6-4-11(5-7-12)18-9-20/h1-9H,(H,18,20). The van der Waals surface area contributed by atoms with Gasteiger partial charge in [-0.15, -0.1) is 0 Å². The van der Waals surface area contributed by atoms with Crippen molar-refractivity contribution in [2.24, 2.45) is 0 Å². The van der Waals surface area contributed by atoms with Crippen molar-refractivity contribution in [2.45, 2.75) is 6.18 Å². The second-order valence-electron chi connectivity index (χ2n) is 3.91. The molecule has 2 aromatic rings. The smallest absolute Gasteiger partial charge is 0.416 e. The SMILES string of the molecule is FC(F)(F)c1cccc(Oc2ccc(NC=S)cc2)c1. The molecule has 0 saturated heterocycles. The number of anilines is 1. The minimum Gasteiger partial charge on any atom is -0.457 e. The zero-order valence-electron chi connectivity index (χ0n) is 10.1. The molecule has 0 radical (unpaired) electrons. The van der Waals surface area contributed by atoms with Crippen molar-refractivity contribution in [3.8, 4) is 11.5 Å². The highest BCUT2D eigenvalue weighted by Gasteiger charge is 2.30. The monoisotopic (exact) mass is 297 g/mol. The van der Waals surface area contributed by atoms with Crippen LogP contribution >= 0.6 is 12.2 Å². The summed E-state index contributed by atoms with van der Waals surface area (Å²) >= 11 is 4.65. The summed E-state index contributed by atoms with van der Waals surface area (Å²) in [6, 6.07) is 11.4. The highest BCUT2D eigenvalue weighted by molar-refractivity contribution is 7.79. The molecule has 6 heteroatoms. The molecule has 0 atom stereocenters. The first kappa shape index (κ1) is 14.3. The van der Waals surface area contributed by atoms with E-state index in [2.05, 4.69) is 17.5 Å². The molecule has 2 rings (SSSR count). The largest absolute Gasteiger partial charge is 0.457 e. The fraction of sp³-hybridized carbons (Fsp3) is 0.0714. The maximum atomic E-state index is 12.6. The molecule has 0 aliphatic carbocycles. The van der Waals surface area contributed by atoms with Gasteiger partial charge < -0.3 is 10.1 Å². The Balaban J connectivity index is 2.15.